The Labute approximate surface area is 122 Å². The van der Waals surface area contributed by atoms with E-state index in [2.05, 4.69) is 0 Å². The third-order valence-electron chi connectivity index (χ3n) is 3.45. The maximum atomic E-state index is 12.6. The van der Waals surface area contributed by atoms with Gasteiger partial charge in [-0.05, 0) is 31.9 Å². The van der Waals surface area contributed by atoms with Crippen LogP contribution in [-0.2, 0) is 10.0 Å². The topological polar surface area (TPSA) is 80.5 Å². The number of nitrogens with zero attached hydrogens (tertiary/aromatic N) is 2. The van der Waals surface area contributed by atoms with Gasteiger partial charge in [-0.1, -0.05) is 18.0 Å². The standard InChI is InChI=1S/C12H15ClN2O4S/c1-9-4-2-3-7-14(9)20(18,19)12-6-5-10(13)8-11(12)15(16)17/h5-6,8-9H,2-4,7H2,1H3/t9-/m0/s1. The number of nitro groups is 1. The van der Waals surface area contributed by atoms with Crippen molar-refractivity contribution in [2.45, 2.75) is 37.1 Å². The SMILES string of the molecule is C[C@H]1CCCCN1S(=O)(=O)c1ccc(Cl)cc1[N+](=O)[O-]. The lowest BCUT2D eigenvalue weighted by Crippen LogP contribution is -2.42. The van der Waals surface area contributed by atoms with E-state index in [-0.39, 0.29) is 16.0 Å². The van der Waals surface area contributed by atoms with Gasteiger partial charge >= 0.3 is 0 Å². The van der Waals surface area contributed by atoms with E-state index in [1.54, 1.807) is 0 Å². The molecule has 6 nitrogen and oxygen atoms in total. The highest BCUT2D eigenvalue weighted by atomic mass is 35.5. The first-order chi connectivity index (χ1) is 9.34. The zero-order chi connectivity index (χ0) is 14.9. The highest BCUT2D eigenvalue weighted by Crippen LogP contribution is 2.32. The molecule has 0 amide bonds. The van der Waals surface area contributed by atoms with Crippen LogP contribution < -0.4 is 0 Å². The molecule has 0 saturated carbocycles. The van der Waals surface area contributed by atoms with Crippen LogP contribution in [0.3, 0.4) is 0 Å². The highest BCUT2D eigenvalue weighted by Gasteiger charge is 2.35. The van der Waals surface area contributed by atoms with Gasteiger partial charge in [0.2, 0.25) is 10.0 Å². The number of hydrogen-bond donors (Lipinski definition) is 0. The fourth-order valence-corrected chi connectivity index (χ4v) is 4.41. The van der Waals surface area contributed by atoms with Crippen LogP contribution in [0, 0.1) is 10.1 Å². The van der Waals surface area contributed by atoms with E-state index in [0.717, 1.165) is 25.3 Å². The van der Waals surface area contributed by atoms with Crippen LogP contribution in [0.5, 0.6) is 0 Å². The van der Waals surface area contributed by atoms with E-state index in [1.807, 2.05) is 6.92 Å². The van der Waals surface area contributed by atoms with Crippen molar-refractivity contribution >= 4 is 27.3 Å². The second kappa shape index (κ2) is 5.67. The van der Waals surface area contributed by atoms with Crippen LogP contribution in [0.4, 0.5) is 5.69 Å². The molecular formula is C12H15ClN2O4S. The molecule has 1 fully saturated rings. The number of piperidine rings is 1. The lowest BCUT2D eigenvalue weighted by molar-refractivity contribution is -0.387. The maximum absolute atomic E-state index is 12.6. The lowest BCUT2D eigenvalue weighted by Gasteiger charge is -2.32. The van der Waals surface area contributed by atoms with E-state index in [9.17, 15) is 18.5 Å². The fraction of sp³-hybridized carbons (Fsp3) is 0.500. The number of nitro benzene ring substituents is 1. The normalized spacial score (nSPS) is 20.8. The lowest BCUT2D eigenvalue weighted by atomic mass is 10.1. The van der Waals surface area contributed by atoms with Gasteiger partial charge in [0.15, 0.2) is 4.90 Å². The zero-order valence-corrected chi connectivity index (χ0v) is 12.5. The van der Waals surface area contributed by atoms with Crippen molar-refractivity contribution < 1.29 is 13.3 Å². The number of rotatable bonds is 3. The Balaban J connectivity index is 2.51. The fourth-order valence-electron chi connectivity index (χ4n) is 2.41. The zero-order valence-electron chi connectivity index (χ0n) is 11.0. The Morgan fingerprint density at radius 3 is 2.70 bits per heavy atom. The van der Waals surface area contributed by atoms with Gasteiger partial charge in [0, 0.05) is 23.7 Å². The summed E-state index contributed by atoms with van der Waals surface area (Å²) in [7, 11) is -3.87. The van der Waals surface area contributed by atoms with Crippen molar-refractivity contribution in [1.82, 2.24) is 4.31 Å². The Hall–Kier alpha value is -1.18. The van der Waals surface area contributed by atoms with Crippen LogP contribution in [0.25, 0.3) is 0 Å². The average molecular weight is 319 g/mol. The highest BCUT2D eigenvalue weighted by molar-refractivity contribution is 7.89. The summed E-state index contributed by atoms with van der Waals surface area (Å²) in [6.07, 6.45) is 2.50. The molecule has 1 aromatic carbocycles. The van der Waals surface area contributed by atoms with Gasteiger partial charge in [-0.2, -0.15) is 4.31 Å². The Bertz CT molecular complexity index is 632. The minimum Gasteiger partial charge on any atom is -0.258 e. The van der Waals surface area contributed by atoms with Crippen molar-refractivity contribution in [3.63, 3.8) is 0 Å². The van der Waals surface area contributed by atoms with Gasteiger partial charge in [-0.25, -0.2) is 8.42 Å². The molecule has 0 spiro atoms. The molecule has 0 N–H and O–H groups in total. The first-order valence-corrected chi connectivity index (χ1v) is 8.11. The molecule has 1 heterocycles. The Morgan fingerprint density at radius 2 is 2.10 bits per heavy atom. The summed E-state index contributed by atoms with van der Waals surface area (Å²) in [4.78, 5) is 10.0. The van der Waals surface area contributed by atoms with Crippen molar-refractivity contribution in [2.75, 3.05) is 6.54 Å². The van der Waals surface area contributed by atoms with E-state index < -0.39 is 20.6 Å². The van der Waals surface area contributed by atoms with Crippen molar-refractivity contribution in [1.29, 1.82) is 0 Å². The van der Waals surface area contributed by atoms with Crippen LogP contribution in [0.2, 0.25) is 5.02 Å². The van der Waals surface area contributed by atoms with Crippen LogP contribution in [0.1, 0.15) is 26.2 Å². The third-order valence-corrected chi connectivity index (χ3v) is 5.74. The van der Waals surface area contributed by atoms with Crippen molar-refractivity contribution in [3.8, 4) is 0 Å². The van der Waals surface area contributed by atoms with Crippen molar-refractivity contribution in [2.24, 2.45) is 0 Å². The molecular weight excluding hydrogens is 304 g/mol. The van der Waals surface area contributed by atoms with Crippen LogP contribution >= 0.6 is 11.6 Å². The van der Waals surface area contributed by atoms with E-state index in [4.69, 9.17) is 11.6 Å². The second-order valence-corrected chi connectivity index (χ2v) is 7.13. The monoisotopic (exact) mass is 318 g/mol. The molecule has 0 aliphatic carbocycles. The second-order valence-electron chi connectivity index (χ2n) is 4.83. The smallest absolute Gasteiger partial charge is 0.258 e. The molecule has 0 aromatic heterocycles. The van der Waals surface area contributed by atoms with Crippen LogP contribution in [0.15, 0.2) is 23.1 Å². The first kappa shape index (κ1) is 15.2. The molecule has 20 heavy (non-hydrogen) atoms. The molecule has 110 valence electrons. The molecule has 1 aliphatic heterocycles. The van der Waals surface area contributed by atoms with Gasteiger partial charge in [-0.15, -0.1) is 0 Å². The summed E-state index contributed by atoms with van der Waals surface area (Å²) in [6, 6.07) is 3.49. The molecule has 2 rings (SSSR count). The van der Waals surface area contributed by atoms with Crippen LogP contribution in [-0.4, -0.2) is 30.2 Å². The Kier molecular flexibility index (Phi) is 4.31. The first-order valence-electron chi connectivity index (χ1n) is 6.30. The molecule has 0 unspecified atom stereocenters. The van der Waals surface area contributed by atoms with Crippen molar-refractivity contribution in [3.05, 3.63) is 33.3 Å². The van der Waals surface area contributed by atoms with Gasteiger partial charge in [-0.3, -0.25) is 10.1 Å². The van der Waals surface area contributed by atoms with E-state index in [0.29, 0.717) is 6.54 Å². The molecule has 1 saturated heterocycles. The molecule has 0 radical (unpaired) electrons. The predicted molar refractivity (Wildman–Crippen MR) is 75.3 cm³/mol. The minimum atomic E-state index is -3.87. The summed E-state index contributed by atoms with van der Waals surface area (Å²) < 4.78 is 26.6. The number of sulfonamides is 1. The number of hydrogen-bond acceptors (Lipinski definition) is 4. The molecule has 1 aliphatic rings. The summed E-state index contributed by atoms with van der Waals surface area (Å²) >= 11 is 5.71. The Morgan fingerprint density at radius 1 is 1.40 bits per heavy atom. The van der Waals surface area contributed by atoms with E-state index >= 15 is 0 Å². The molecule has 8 heteroatoms. The number of halogens is 1. The summed E-state index contributed by atoms with van der Waals surface area (Å²) in [5.41, 5.74) is -0.477. The largest absolute Gasteiger partial charge is 0.290 e. The third kappa shape index (κ3) is 2.79. The summed E-state index contributed by atoms with van der Waals surface area (Å²) in [5.74, 6) is 0. The van der Waals surface area contributed by atoms with Gasteiger partial charge in [0.05, 0.1) is 4.92 Å². The van der Waals surface area contributed by atoms with E-state index in [1.165, 1.54) is 16.4 Å². The summed E-state index contributed by atoms with van der Waals surface area (Å²) in [5, 5.41) is 11.2. The molecule has 1 aromatic rings. The minimum absolute atomic E-state index is 0.141. The molecule has 1 atom stereocenters. The quantitative estimate of drug-likeness (QED) is 0.634. The van der Waals surface area contributed by atoms with Gasteiger partial charge < -0.3 is 0 Å². The van der Waals surface area contributed by atoms with Gasteiger partial charge in [0.1, 0.15) is 0 Å². The summed E-state index contributed by atoms with van der Waals surface area (Å²) in [6.45, 7) is 2.21. The number of benzene rings is 1. The van der Waals surface area contributed by atoms with Gasteiger partial charge in [0.25, 0.3) is 5.69 Å². The molecule has 0 bridgehead atoms. The maximum Gasteiger partial charge on any atom is 0.290 e. The predicted octanol–water partition coefficient (Wildman–Crippen LogP) is 2.81. The average Bonchev–Trinajstić information content (AvgIpc) is 2.38.